The molecule has 0 aliphatic heterocycles. The lowest BCUT2D eigenvalue weighted by Crippen LogP contribution is -2.39. The standard InChI is InChI=1S/C21H21ClFN3O6S/c1-10(9-11-5-3-4-6-13(11)23)25-16-17(19(28)18(16)27)26-14-8-7-12(22)20(33(24,30)31)15(14)21(29)32-2/h3-8,10,21,25-26,29H,9H2,1-2H3,(H2,24,30,31). The van der Waals surface area contributed by atoms with E-state index in [9.17, 15) is 27.5 Å². The Bertz CT molecular complexity index is 1370. The number of nitrogens with two attached hydrogens (primary N) is 1. The van der Waals surface area contributed by atoms with Crippen LogP contribution in [0.2, 0.25) is 5.02 Å². The first kappa shape index (κ1) is 24.8. The number of primary sulfonamides is 1. The van der Waals surface area contributed by atoms with Crippen LogP contribution in [0.25, 0.3) is 0 Å². The average Bonchev–Trinajstić information content (AvgIpc) is 2.76. The molecule has 0 spiro atoms. The van der Waals surface area contributed by atoms with E-state index < -0.39 is 43.9 Å². The summed E-state index contributed by atoms with van der Waals surface area (Å²) in [6.07, 6.45) is -1.53. The zero-order chi connectivity index (χ0) is 24.5. The maximum Gasteiger partial charge on any atom is 0.253 e. The van der Waals surface area contributed by atoms with Crippen molar-refractivity contribution in [3.8, 4) is 0 Å². The molecule has 0 amide bonds. The first-order valence-corrected chi connectivity index (χ1v) is 11.5. The molecule has 0 aromatic heterocycles. The maximum atomic E-state index is 13.9. The van der Waals surface area contributed by atoms with Crippen molar-refractivity contribution in [1.29, 1.82) is 0 Å². The minimum Gasteiger partial charge on any atom is -0.377 e. The van der Waals surface area contributed by atoms with Gasteiger partial charge in [-0.3, -0.25) is 9.59 Å². The fraction of sp³-hybridized carbons (Fsp3) is 0.238. The highest BCUT2D eigenvalue weighted by atomic mass is 35.5. The molecule has 12 heteroatoms. The third-order valence-electron chi connectivity index (χ3n) is 4.95. The van der Waals surface area contributed by atoms with E-state index in [1.807, 2.05) is 0 Å². The van der Waals surface area contributed by atoms with Crippen molar-refractivity contribution < 1.29 is 22.7 Å². The molecule has 0 saturated carbocycles. The van der Waals surface area contributed by atoms with Gasteiger partial charge in [0.15, 0.2) is 6.29 Å². The molecule has 0 aliphatic rings. The van der Waals surface area contributed by atoms with Gasteiger partial charge in [-0.05, 0) is 37.1 Å². The Labute approximate surface area is 193 Å². The summed E-state index contributed by atoms with van der Waals surface area (Å²) in [4.78, 5) is 23.8. The molecule has 2 unspecified atom stereocenters. The van der Waals surface area contributed by atoms with Gasteiger partial charge in [0.25, 0.3) is 10.9 Å². The Morgan fingerprint density at radius 3 is 2.39 bits per heavy atom. The van der Waals surface area contributed by atoms with Gasteiger partial charge in [-0.2, -0.15) is 0 Å². The van der Waals surface area contributed by atoms with Crippen LogP contribution in [0.3, 0.4) is 0 Å². The summed E-state index contributed by atoms with van der Waals surface area (Å²) in [5.41, 5.74) is -1.85. The molecule has 3 aromatic rings. The van der Waals surface area contributed by atoms with Gasteiger partial charge >= 0.3 is 0 Å². The van der Waals surface area contributed by atoms with Crippen LogP contribution in [0.4, 0.5) is 21.5 Å². The molecule has 0 heterocycles. The van der Waals surface area contributed by atoms with Gasteiger partial charge in [0.2, 0.25) is 10.0 Å². The monoisotopic (exact) mass is 497 g/mol. The predicted molar refractivity (Wildman–Crippen MR) is 123 cm³/mol. The Morgan fingerprint density at radius 1 is 1.15 bits per heavy atom. The Morgan fingerprint density at radius 2 is 1.79 bits per heavy atom. The summed E-state index contributed by atoms with van der Waals surface area (Å²) in [6, 6.07) is 8.24. The molecular weight excluding hydrogens is 477 g/mol. The lowest BCUT2D eigenvalue weighted by molar-refractivity contribution is -0.0782. The third-order valence-corrected chi connectivity index (χ3v) is 6.38. The highest BCUT2D eigenvalue weighted by Crippen LogP contribution is 2.37. The predicted octanol–water partition coefficient (Wildman–Crippen LogP) is 2.15. The number of methoxy groups -OCH3 is 1. The SMILES string of the molecule is COC(O)c1c(Nc2c(NC(C)Cc3ccccc3F)c(=O)c2=O)ccc(Cl)c1S(N)(=O)=O. The zero-order valence-electron chi connectivity index (χ0n) is 17.6. The van der Waals surface area contributed by atoms with Crippen molar-refractivity contribution in [3.63, 3.8) is 0 Å². The summed E-state index contributed by atoms with van der Waals surface area (Å²) in [7, 11) is -3.27. The number of anilines is 3. The smallest absolute Gasteiger partial charge is 0.253 e. The summed E-state index contributed by atoms with van der Waals surface area (Å²) in [5.74, 6) is -0.399. The summed E-state index contributed by atoms with van der Waals surface area (Å²) in [6.45, 7) is 1.70. The highest BCUT2D eigenvalue weighted by molar-refractivity contribution is 7.89. The average molecular weight is 498 g/mol. The van der Waals surface area contributed by atoms with Gasteiger partial charge in [0.05, 0.1) is 10.6 Å². The maximum absolute atomic E-state index is 13.9. The number of aliphatic hydroxyl groups is 1. The number of ether oxygens (including phenoxy) is 1. The number of aliphatic hydroxyl groups excluding tert-OH is 1. The van der Waals surface area contributed by atoms with Crippen molar-refractivity contribution in [2.24, 2.45) is 5.14 Å². The molecule has 0 fully saturated rings. The quantitative estimate of drug-likeness (QED) is 0.259. The number of benzene rings is 2. The van der Waals surface area contributed by atoms with E-state index in [0.29, 0.717) is 5.56 Å². The van der Waals surface area contributed by atoms with Crippen molar-refractivity contribution >= 4 is 38.7 Å². The topological polar surface area (TPSA) is 148 Å². The van der Waals surface area contributed by atoms with Crippen LogP contribution in [-0.4, -0.2) is 26.7 Å². The van der Waals surface area contributed by atoms with E-state index in [0.717, 1.165) is 7.11 Å². The molecular formula is C21H21ClFN3O6S. The minimum absolute atomic E-state index is 0.0605. The molecule has 0 aliphatic carbocycles. The van der Waals surface area contributed by atoms with Gasteiger partial charge in [0.1, 0.15) is 22.1 Å². The first-order chi connectivity index (χ1) is 15.5. The van der Waals surface area contributed by atoms with Crippen molar-refractivity contribution in [3.05, 3.63) is 78.8 Å². The zero-order valence-corrected chi connectivity index (χ0v) is 19.1. The normalized spacial score (nSPS) is 13.6. The van der Waals surface area contributed by atoms with Crippen LogP contribution in [-0.2, 0) is 21.2 Å². The lowest BCUT2D eigenvalue weighted by atomic mass is 10.0. The molecule has 5 N–H and O–H groups in total. The Hall–Kier alpha value is -2.83. The summed E-state index contributed by atoms with van der Waals surface area (Å²) in [5, 5.41) is 20.8. The summed E-state index contributed by atoms with van der Waals surface area (Å²) < 4.78 is 42.9. The number of hydrogen-bond donors (Lipinski definition) is 4. The second-order valence-electron chi connectivity index (χ2n) is 7.34. The van der Waals surface area contributed by atoms with Crippen LogP contribution in [0.15, 0.2) is 50.9 Å². The lowest BCUT2D eigenvalue weighted by Gasteiger charge is -2.23. The van der Waals surface area contributed by atoms with Crippen LogP contribution in [0.5, 0.6) is 0 Å². The van der Waals surface area contributed by atoms with Crippen molar-refractivity contribution in [1.82, 2.24) is 0 Å². The molecule has 0 bridgehead atoms. The van der Waals surface area contributed by atoms with Gasteiger partial charge in [-0.15, -0.1) is 0 Å². The van der Waals surface area contributed by atoms with Crippen LogP contribution < -0.4 is 26.6 Å². The molecule has 2 atom stereocenters. The summed E-state index contributed by atoms with van der Waals surface area (Å²) >= 11 is 5.98. The molecule has 9 nitrogen and oxygen atoms in total. The van der Waals surface area contributed by atoms with Crippen LogP contribution in [0, 0.1) is 5.82 Å². The second kappa shape index (κ2) is 9.57. The third kappa shape index (κ3) is 5.07. The second-order valence-corrected chi connectivity index (χ2v) is 9.25. The molecule has 3 aromatic carbocycles. The Balaban J connectivity index is 1.96. The largest absolute Gasteiger partial charge is 0.377 e. The fourth-order valence-electron chi connectivity index (χ4n) is 3.41. The van der Waals surface area contributed by atoms with Gasteiger partial charge < -0.3 is 20.5 Å². The van der Waals surface area contributed by atoms with E-state index in [2.05, 4.69) is 10.6 Å². The number of rotatable bonds is 9. The van der Waals surface area contributed by atoms with Gasteiger partial charge in [0, 0.05) is 18.8 Å². The number of sulfonamides is 1. The van der Waals surface area contributed by atoms with Crippen molar-refractivity contribution in [2.45, 2.75) is 30.6 Å². The molecule has 0 saturated heterocycles. The highest BCUT2D eigenvalue weighted by Gasteiger charge is 2.29. The van der Waals surface area contributed by atoms with E-state index >= 15 is 0 Å². The van der Waals surface area contributed by atoms with E-state index in [4.69, 9.17) is 21.5 Å². The fourth-order valence-corrected chi connectivity index (χ4v) is 4.75. The van der Waals surface area contributed by atoms with Crippen LogP contribution in [0.1, 0.15) is 24.3 Å². The molecule has 176 valence electrons. The number of halogens is 2. The van der Waals surface area contributed by atoms with Gasteiger partial charge in [-0.25, -0.2) is 17.9 Å². The van der Waals surface area contributed by atoms with E-state index in [1.165, 1.54) is 18.2 Å². The van der Waals surface area contributed by atoms with E-state index in [1.54, 1.807) is 25.1 Å². The molecule has 33 heavy (non-hydrogen) atoms. The minimum atomic E-state index is -4.39. The molecule has 0 radical (unpaired) electrons. The Kier molecular flexibility index (Phi) is 7.20. The number of nitrogens with one attached hydrogen (secondary N) is 2. The first-order valence-electron chi connectivity index (χ1n) is 9.62. The van der Waals surface area contributed by atoms with Crippen molar-refractivity contribution in [2.75, 3.05) is 17.7 Å². The number of hydrogen-bond acceptors (Lipinski definition) is 8. The van der Waals surface area contributed by atoms with E-state index in [-0.39, 0.29) is 34.1 Å². The molecule has 3 rings (SSSR count). The van der Waals surface area contributed by atoms with Gasteiger partial charge in [-0.1, -0.05) is 29.8 Å². The van der Waals surface area contributed by atoms with Crippen LogP contribution >= 0.6 is 11.6 Å².